The molecule has 0 radical (unpaired) electrons. The van der Waals surface area contributed by atoms with E-state index in [9.17, 15) is 9.59 Å². The molecule has 0 aromatic heterocycles. The normalized spacial score (nSPS) is 10.6. The van der Waals surface area contributed by atoms with Gasteiger partial charge in [0.15, 0.2) is 0 Å². The highest BCUT2D eigenvalue weighted by atomic mass is 32.2. The number of amides is 2. The Hall–Kier alpha value is -1.53. The van der Waals surface area contributed by atoms with Crippen molar-refractivity contribution in [2.24, 2.45) is 0 Å². The van der Waals surface area contributed by atoms with Crippen LogP contribution in [0.5, 0.6) is 0 Å². The molecule has 0 aliphatic rings. The van der Waals surface area contributed by atoms with E-state index in [1.165, 1.54) is 11.8 Å². The fourth-order valence-electron chi connectivity index (χ4n) is 1.83. The number of aryl methyl sites for hydroxylation is 1. The summed E-state index contributed by atoms with van der Waals surface area (Å²) in [6.45, 7) is 7.18. The molecule has 0 fully saturated rings. The Morgan fingerprint density at radius 3 is 2.65 bits per heavy atom. The summed E-state index contributed by atoms with van der Waals surface area (Å²) in [5.41, 5.74) is 1.88. The number of thioether (sulfide) groups is 1. The van der Waals surface area contributed by atoms with Gasteiger partial charge in [0.05, 0.1) is 17.6 Å². The van der Waals surface area contributed by atoms with E-state index in [4.69, 9.17) is 4.74 Å². The van der Waals surface area contributed by atoms with Gasteiger partial charge < -0.3 is 15.4 Å². The van der Waals surface area contributed by atoms with Gasteiger partial charge in [-0.2, -0.15) is 0 Å². The Morgan fingerprint density at radius 1 is 1.22 bits per heavy atom. The van der Waals surface area contributed by atoms with Crippen molar-refractivity contribution in [2.45, 2.75) is 33.3 Å². The minimum Gasteiger partial charge on any atom is -0.379 e. The second-order valence-electron chi connectivity index (χ2n) is 5.53. The third kappa shape index (κ3) is 9.97. The molecule has 1 rings (SSSR count). The average Bonchev–Trinajstić information content (AvgIpc) is 2.46. The van der Waals surface area contributed by atoms with Crippen LogP contribution in [0.4, 0.5) is 5.69 Å². The van der Waals surface area contributed by atoms with Gasteiger partial charge in [0.1, 0.15) is 0 Å². The fourth-order valence-corrected chi connectivity index (χ4v) is 2.47. The Morgan fingerprint density at radius 2 is 1.96 bits per heavy atom. The number of nitrogens with one attached hydrogen (secondary N) is 2. The van der Waals surface area contributed by atoms with Crippen molar-refractivity contribution < 1.29 is 14.3 Å². The molecule has 0 saturated carbocycles. The SMILES string of the molecule is Cc1cccc(NC(=O)CSCC(=O)NCCCOC(C)C)c1. The average molecular weight is 338 g/mol. The highest BCUT2D eigenvalue weighted by molar-refractivity contribution is 8.00. The third-order valence-corrected chi connectivity index (χ3v) is 3.80. The number of anilines is 1. The van der Waals surface area contributed by atoms with E-state index in [0.717, 1.165) is 17.7 Å². The summed E-state index contributed by atoms with van der Waals surface area (Å²) >= 11 is 1.31. The molecule has 0 spiro atoms. The first-order valence-corrected chi connectivity index (χ1v) is 8.95. The molecule has 2 amide bonds. The molecule has 1 aromatic rings. The van der Waals surface area contributed by atoms with Gasteiger partial charge in [0.25, 0.3) is 0 Å². The second kappa shape index (κ2) is 11.1. The molecule has 1 aromatic carbocycles. The van der Waals surface area contributed by atoms with Crippen LogP contribution in [0.3, 0.4) is 0 Å². The lowest BCUT2D eigenvalue weighted by atomic mass is 10.2. The fraction of sp³-hybridized carbons (Fsp3) is 0.529. The summed E-state index contributed by atoms with van der Waals surface area (Å²) in [6.07, 6.45) is 1.01. The first-order chi connectivity index (χ1) is 11.0. The smallest absolute Gasteiger partial charge is 0.234 e. The van der Waals surface area contributed by atoms with E-state index in [0.29, 0.717) is 13.2 Å². The molecule has 0 bridgehead atoms. The largest absolute Gasteiger partial charge is 0.379 e. The summed E-state index contributed by atoms with van der Waals surface area (Å²) in [5, 5.41) is 5.63. The molecular formula is C17H26N2O3S. The molecule has 0 aliphatic carbocycles. The van der Waals surface area contributed by atoms with Crippen LogP contribution in [0.15, 0.2) is 24.3 Å². The molecule has 128 valence electrons. The van der Waals surface area contributed by atoms with Crippen LogP contribution in [0, 0.1) is 6.92 Å². The van der Waals surface area contributed by atoms with Crippen molar-refractivity contribution in [3.8, 4) is 0 Å². The lowest BCUT2D eigenvalue weighted by Gasteiger charge is -2.08. The second-order valence-corrected chi connectivity index (χ2v) is 6.52. The summed E-state index contributed by atoms with van der Waals surface area (Å²) in [6, 6.07) is 7.63. The summed E-state index contributed by atoms with van der Waals surface area (Å²) in [5.74, 6) is 0.394. The Bertz CT molecular complexity index is 506. The van der Waals surface area contributed by atoms with Crippen molar-refractivity contribution >= 4 is 29.3 Å². The van der Waals surface area contributed by atoms with Gasteiger partial charge in [-0.15, -0.1) is 11.8 Å². The molecule has 6 heteroatoms. The molecular weight excluding hydrogens is 312 g/mol. The number of carbonyl (C=O) groups excluding carboxylic acids is 2. The monoisotopic (exact) mass is 338 g/mol. The van der Waals surface area contributed by atoms with Crippen LogP contribution in [-0.2, 0) is 14.3 Å². The summed E-state index contributed by atoms with van der Waals surface area (Å²) in [4.78, 5) is 23.4. The molecule has 0 heterocycles. The van der Waals surface area contributed by atoms with Crippen molar-refractivity contribution in [2.75, 3.05) is 30.0 Å². The first kappa shape index (κ1) is 19.5. The van der Waals surface area contributed by atoms with Gasteiger partial charge in [0.2, 0.25) is 11.8 Å². The van der Waals surface area contributed by atoms with Gasteiger partial charge in [-0.3, -0.25) is 9.59 Å². The van der Waals surface area contributed by atoms with Crippen LogP contribution in [-0.4, -0.2) is 42.6 Å². The molecule has 5 nitrogen and oxygen atoms in total. The lowest BCUT2D eigenvalue weighted by Crippen LogP contribution is -2.27. The minimum atomic E-state index is -0.0984. The van der Waals surface area contributed by atoms with E-state index in [1.807, 2.05) is 45.0 Å². The highest BCUT2D eigenvalue weighted by Crippen LogP contribution is 2.10. The van der Waals surface area contributed by atoms with E-state index < -0.39 is 0 Å². The highest BCUT2D eigenvalue weighted by Gasteiger charge is 2.06. The van der Waals surface area contributed by atoms with Crippen LogP contribution >= 0.6 is 11.8 Å². The van der Waals surface area contributed by atoms with E-state index in [1.54, 1.807) is 0 Å². The molecule has 2 N–H and O–H groups in total. The maximum Gasteiger partial charge on any atom is 0.234 e. The van der Waals surface area contributed by atoms with Gasteiger partial charge >= 0.3 is 0 Å². The minimum absolute atomic E-state index is 0.0529. The van der Waals surface area contributed by atoms with Gasteiger partial charge in [0, 0.05) is 18.8 Å². The topological polar surface area (TPSA) is 67.4 Å². The quantitative estimate of drug-likeness (QED) is 0.644. The molecule has 0 unspecified atom stereocenters. The Labute approximate surface area is 142 Å². The zero-order valence-electron chi connectivity index (χ0n) is 14.1. The van der Waals surface area contributed by atoms with Crippen molar-refractivity contribution in [3.63, 3.8) is 0 Å². The molecule has 0 aliphatic heterocycles. The standard InChI is InChI=1S/C17H26N2O3S/c1-13(2)22-9-5-8-18-16(20)11-23-12-17(21)19-15-7-4-6-14(3)10-15/h4,6-7,10,13H,5,8-9,11-12H2,1-3H3,(H,18,20)(H,19,21). The lowest BCUT2D eigenvalue weighted by molar-refractivity contribution is -0.118. The van der Waals surface area contributed by atoms with Crippen molar-refractivity contribution in [3.05, 3.63) is 29.8 Å². The van der Waals surface area contributed by atoms with Gasteiger partial charge in [-0.25, -0.2) is 0 Å². The predicted octanol–water partition coefficient (Wildman–Crippen LogP) is 2.60. The summed E-state index contributed by atoms with van der Waals surface area (Å²) < 4.78 is 5.39. The van der Waals surface area contributed by atoms with Crippen LogP contribution < -0.4 is 10.6 Å². The molecule has 0 saturated heterocycles. The van der Waals surface area contributed by atoms with Gasteiger partial charge in [-0.1, -0.05) is 12.1 Å². The number of ether oxygens (including phenoxy) is 1. The maximum atomic E-state index is 11.8. The van der Waals surface area contributed by atoms with Gasteiger partial charge in [-0.05, 0) is 44.9 Å². The number of hydrogen-bond acceptors (Lipinski definition) is 4. The number of rotatable bonds is 10. The zero-order valence-corrected chi connectivity index (χ0v) is 14.9. The Kier molecular flexibility index (Phi) is 9.40. The predicted molar refractivity (Wildman–Crippen MR) is 95.8 cm³/mol. The van der Waals surface area contributed by atoms with E-state index in [-0.39, 0.29) is 29.4 Å². The zero-order chi connectivity index (χ0) is 17.1. The van der Waals surface area contributed by atoms with E-state index >= 15 is 0 Å². The van der Waals surface area contributed by atoms with Crippen LogP contribution in [0.25, 0.3) is 0 Å². The Balaban J connectivity index is 2.09. The molecule has 23 heavy (non-hydrogen) atoms. The molecule has 0 atom stereocenters. The third-order valence-electron chi connectivity index (χ3n) is 2.86. The maximum absolute atomic E-state index is 11.8. The van der Waals surface area contributed by atoms with E-state index in [2.05, 4.69) is 10.6 Å². The van der Waals surface area contributed by atoms with Crippen molar-refractivity contribution in [1.29, 1.82) is 0 Å². The number of hydrogen-bond donors (Lipinski definition) is 2. The summed E-state index contributed by atoms with van der Waals surface area (Å²) in [7, 11) is 0. The number of carbonyl (C=O) groups is 2. The van der Waals surface area contributed by atoms with Crippen LogP contribution in [0.2, 0.25) is 0 Å². The van der Waals surface area contributed by atoms with Crippen molar-refractivity contribution in [1.82, 2.24) is 5.32 Å². The number of benzene rings is 1. The first-order valence-electron chi connectivity index (χ1n) is 7.80. The van der Waals surface area contributed by atoms with Crippen LogP contribution in [0.1, 0.15) is 25.8 Å².